The zero-order chi connectivity index (χ0) is 11.4. The molecule has 0 aromatic carbocycles. The third-order valence-electron chi connectivity index (χ3n) is 3.17. The summed E-state index contributed by atoms with van der Waals surface area (Å²) in [7, 11) is -3.26. The lowest BCUT2D eigenvalue weighted by Gasteiger charge is -2.24. The highest BCUT2D eigenvalue weighted by atomic mass is 32.2. The van der Waals surface area contributed by atoms with Crippen LogP contribution in [-0.2, 0) is 10.0 Å². The zero-order valence-electron chi connectivity index (χ0n) is 9.25. The molecule has 1 aliphatic carbocycles. The molecule has 0 bridgehead atoms. The van der Waals surface area contributed by atoms with Crippen molar-refractivity contribution in [3.63, 3.8) is 0 Å². The van der Waals surface area contributed by atoms with Gasteiger partial charge in [-0.05, 0) is 12.3 Å². The van der Waals surface area contributed by atoms with Gasteiger partial charge in [0.15, 0.2) is 0 Å². The van der Waals surface area contributed by atoms with Crippen LogP contribution in [0.5, 0.6) is 0 Å². The Labute approximate surface area is 95.9 Å². The van der Waals surface area contributed by atoms with Crippen LogP contribution in [-0.4, -0.2) is 28.3 Å². The van der Waals surface area contributed by atoms with Crippen molar-refractivity contribution in [2.75, 3.05) is 5.75 Å². The molecule has 16 heavy (non-hydrogen) atoms. The number of unbranched alkanes of at least 4 members (excludes halogenated alkanes) is 1. The molecule has 1 aromatic rings. The van der Waals surface area contributed by atoms with E-state index in [0.29, 0.717) is 0 Å². The van der Waals surface area contributed by atoms with Crippen molar-refractivity contribution in [3.8, 4) is 0 Å². The summed E-state index contributed by atoms with van der Waals surface area (Å²) in [5.74, 6) is 1.03. The lowest BCUT2D eigenvalue weighted by molar-refractivity contribution is 0.289. The van der Waals surface area contributed by atoms with Gasteiger partial charge in [-0.25, -0.2) is 13.4 Å². The highest BCUT2D eigenvalue weighted by Gasteiger charge is 2.18. The third kappa shape index (κ3) is 2.81. The van der Waals surface area contributed by atoms with Crippen molar-refractivity contribution in [1.82, 2.24) is 14.2 Å². The average Bonchev–Trinajstić information content (AvgIpc) is 2.67. The number of nitrogens with zero attached hydrogens (tertiary/aromatic N) is 3. The highest BCUT2D eigenvalue weighted by molar-refractivity contribution is 7.89. The Morgan fingerprint density at radius 1 is 1.31 bits per heavy atom. The monoisotopic (exact) mass is 243 g/mol. The Morgan fingerprint density at radius 2 is 2.12 bits per heavy atom. The minimum Gasteiger partial charge on any atom is -0.222 e. The molecule has 1 aromatic heterocycles. The van der Waals surface area contributed by atoms with E-state index >= 15 is 0 Å². The maximum Gasteiger partial charge on any atom is 0.255 e. The highest BCUT2D eigenvalue weighted by Crippen LogP contribution is 2.30. The van der Waals surface area contributed by atoms with Crippen LogP contribution < -0.4 is 0 Å². The first-order chi connectivity index (χ1) is 7.68. The van der Waals surface area contributed by atoms with Crippen LogP contribution in [0.1, 0.15) is 38.5 Å². The molecule has 6 heteroatoms. The molecule has 90 valence electrons. The van der Waals surface area contributed by atoms with Gasteiger partial charge in [0.25, 0.3) is 10.0 Å². The number of rotatable bonds is 6. The van der Waals surface area contributed by atoms with E-state index in [1.165, 1.54) is 38.3 Å². The topological polar surface area (TPSA) is 64.8 Å². The molecule has 0 aliphatic heterocycles. The second-order valence-corrected chi connectivity index (χ2v) is 6.32. The van der Waals surface area contributed by atoms with Gasteiger partial charge in [-0.1, -0.05) is 32.1 Å². The minimum atomic E-state index is -3.26. The molecule has 0 spiro atoms. The van der Waals surface area contributed by atoms with Gasteiger partial charge in [-0.15, -0.1) is 9.19 Å². The van der Waals surface area contributed by atoms with E-state index in [2.05, 4.69) is 10.1 Å². The van der Waals surface area contributed by atoms with Gasteiger partial charge in [0.1, 0.15) is 12.7 Å². The van der Waals surface area contributed by atoms with Crippen LogP contribution in [0.3, 0.4) is 0 Å². The van der Waals surface area contributed by atoms with Crippen molar-refractivity contribution in [2.45, 2.75) is 38.5 Å². The maximum absolute atomic E-state index is 11.7. The second-order valence-electron chi connectivity index (χ2n) is 4.38. The van der Waals surface area contributed by atoms with Gasteiger partial charge in [0.2, 0.25) is 0 Å². The van der Waals surface area contributed by atoms with E-state index in [9.17, 15) is 8.42 Å². The average molecular weight is 243 g/mol. The second kappa shape index (κ2) is 4.95. The summed E-state index contributed by atoms with van der Waals surface area (Å²) >= 11 is 0. The van der Waals surface area contributed by atoms with Gasteiger partial charge in [-0.3, -0.25) is 0 Å². The Balaban J connectivity index is 1.72. The van der Waals surface area contributed by atoms with Crippen molar-refractivity contribution >= 4 is 10.0 Å². The van der Waals surface area contributed by atoms with Gasteiger partial charge in [0, 0.05) is 0 Å². The van der Waals surface area contributed by atoms with Crippen LogP contribution in [0.25, 0.3) is 0 Å². The van der Waals surface area contributed by atoms with Crippen LogP contribution in [0.2, 0.25) is 0 Å². The van der Waals surface area contributed by atoms with E-state index in [1.807, 2.05) is 0 Å². The standard InChI is InChI=1S/C10H17N3O2S/c14-16(15,13-9-11-8-12-13)7-2-1-4-10-5-3-6-10/h8-10H,1-7H2. The SMILES string of the molecule is O=S(=O)(CCCCC1CCC1)n1cncn1. The zero-order valence-corrected chi connectivity index (χ0v) is 10.1. The molecule has 1 heterocycles. The molecule has 1 aliphatic rings. The summed E-state index contributed by atoms with van der Waals surface area (Å²) in [6, 6.07) is 0. The fourth-order valence-corrected chi connectivity index (χ4v) is 3.07. The first kappa shape index (κ1) is 11.6. The van der Waals surface area contributed by atoms with Crippen molar-refractivity contribution in [1.29, 1.82) is 0 Å². The van der Waals surface area contributed by atoms with Crippen LogP contribution in [0.15, 0.2) is 12.7 Å². The molecule has 0 unspecified atom stereocenters. The quantitative estimate of drug-likeness (QED) is 0.709. The first-order valence-electron chi connectivity index (χ1n) is 5.76. The van der Waals surface area contributed by atoms with Crippen LogP contribution >= 0.6 is 0 Å². The summed E-state index contributed by atoms with van der Waals surface area (Å²) in [6.45, 7) is 0. The Morgan fingerprint density at radius 3 is 2.69 bits per heavy atom. The molecule has 5 nitrogen and oxygen atoms in total. The predicted molar refractivity (Wildman–Crippen MR) is 60.4 cm³/mol. The van der Waals surface area contributed by atoms with Crippen molar-refractivity contribution in [3.05, 3.63) is 12.7 Å². The molecule has 1 saturated carbocycles. The molecule has 2 rings (SSSR count). The lowest BCUT2D eigenvalue weighted by atomic mass is 9.82. The summed E-state index contributed by atoms with van der Waals surface area (Å²) in [6.07, 6.45) is 9.38. The summed E-state index contributed by atoms with van der Waals surface area (Å²) in [4.78, 5) is 3.64. The third-order valence-corrected chi connectivity index (χ3v) is 4.74. The fraction of sp³-hybridized carbons (Fsp3) is 0.800. The van der Waals surface area contributed by atoms with E-state index in [0.717, 1.165) is 22.8 Å². The number of hydrogen-bond donors (Lipinski definition) is 0. The molecule has 1 fully saturated rings. The fourth-order valence-electron chi connectivity index (χ4n) is 1.93. The van der Waals surface area contributed by atoms with Gasteiger partial charge >= 0.3 is 0 Å². The van der Waals surface area contributed by atoms with Gasteiger partial charge < -0.3 is 0 Å². The predicted octanol–water partition coefficient (Wildman–Crippen LogP) is 1.43. The van der Waals surface area contributed by atoms with Gasteiger partial charge in [-0.2, -0.15) is 0 Å². The Kier molecular flexibility index (Phi) is 3.58. The molecule has 0 atom stereocenters. The first-order valence-corrected chi connectivity index (χ1v) is 7.37. The number of aromatic nitrogens is 3. The van der Waals surface area contributed by atoms with E-state index in [4.69, 9.17) is 0 Å². The summed E-state index contributed by atoms with van der Waals surface area (Å²) in [5.41, 5.74) is 0. The lowest BCUT2D eigenvalue weighted by Crippen LogP contribution is -2.17. The van der Waals surface area contributed by atoms with Gasteiger partial charge in [0.05, 0.1) is 5.75 Å². The maximum atomic E-state index is 11.7. The molecule has 0 N–H and O–H groups in total. The smallest absolute Gasteiger partial charge is 0.222 e. The Bertz CT molecular complexity index is 409. The Hall–Kier alpha value is -0.910. The van der Waals surface area contributed by atoms with Crippen LogP contribution in [0.4, 0.5) is 0 Å². The van der Waals surface area contributed by atoms with E-state index in [-0.39, 0.29) is 5.75 Å². The van der Waals surface area contributed by atoms with E-state index < -0.39 is 10.0 Å². The summed E-state index contributed by atoms with van der Waals surface area (Å²) < 4.78 is 24.3. The molecular weight excluding hydrogens is 226 g/mol. The van der Waals surface area contributed by atoms with Crippen molar-refractivity contribution in [2.24, 2.45) is 5.92 Å². The molecule has 0 radical (unpaired) electrons. The largest absolute Gasteiger partial charge is 0.255 e. The molecule has 0 saturated heterocycles. The van der Waals surface area contributed by atoms with Crippen molar-refractivity contribution < 1.29 is 8.42 Å². The normalized spacial score (nSPS) is 17.2. The number of hydrogen-bond acceptors (Lipinski definition) is 4. The van der Waals surface area contributed by atoms with E-state index in [1.54, 1.807) is 0 Å². The summed E-state index contributed by atoms with van der Waals surface area (Å²) in [5, 5.41) is 3.65. The molecular formula is C10H17N3O2S. The minimum absolute atomic E-state index is 0.170. The molecule has 0 amide bonds. The van der Waals surface area contributed by atoms with Crippen LogP contribution in [0, 0.1) is 5.92 Å².